The molecule has 0 saturated carbocycles. The first kappa shape index (κ1) is 30.1. The molecule has 6 heterocycles. The highest BCUT2D eigenvalue weighted by atomic mass is 16.6. The van der Waals surface area contributed by atoms with Crippen molar-refractivity contribution in [2.45, 2.75) is 56.4 Å². The van der Waals surface area contributed by atoms with Crippen molar-refractivity contribution in [1.82, 2.24) is 49.3 Å². The van der Waals surface area contributed by atoms with Gasteiger partial charge >= 0.3 is 0 Å². The van der Waals surface area contributed by atoms with Crippen LogP contribution in [0.2, 0.25) is 0 Å². The molecule has 15 heteroatoms. The van der Waals surface area contributed by atoms with E-state index in [1.165, 1.54) is 15.9 Å². The second-order valence-corrected chi connectivity index (χ2v) is 12.1. The van der Waals surface area contributed by atoms with Crippen LogP contribution >= 0.6 is 0 Å². The van der Waals surface area contributed by atoms with Crippen LogP contribution in [0.3, 0.4) is 0 Å². The lowest BCUT2D eigenvalue weighted by Crippen LogP contribution is -2.29. The molecule has 2 saturated heterocycles. The summed E-state index contributed by atoms with van der Waals surface area (Å²) in [6, 6.07) is 21.0. The molecule has 4 aromatic heterocycles. The number of rotatable bonds is 10. The summed E-state index contributed by atoms with van der Waals surface area (Å²) in [5.41, 5.74) is 3.33. The third-order valence-corrected chi connectivity index (χ3v) is 9.20. The summed E-state index contributed by atoms with van der Waals surface area (Å²) in [6.07, 6.45) is 3.51. The summed E-state index contributed by atoms with van der Waals surface area (Å²) in [6.45, 7) is 4.40. The first-order valence-electron chi connectivity index (χ1n) is 16.2. The summed E-state index contributed by atoms with van der Waals surface area (Å²) in [7, 11) is 0. The van der Waals surface area contributed by atoms with Crippen LogP contribution in [0, 0.1) is 0 Å². The predicted octanol–water partition coefficient (Wildman–Crippen LogP) is 2.72. The first-order valence-corrected chi connectivity index (χ1v) is 16.2. The average Bonchev–Trinajstić information content (AvgIpc) is 3.97. The van der Waals surface area contributed by atoms with Gasteiger partial charge < -0.3 is 29.7 Å². The second-order valence-electron chi connectivity index (χ2n) is 12.1. The fourth-order valence-electron chi connectivity index (χ4n) is 6.61. The van der Waals surface area contributed by atoms with Crippen molar-refractivity contribution in [1.29, 1.82) is 0 Å². The van der Waals surface area contributed by atoms with Crippen molar-refractivity contribution in [3.05, 3.63) is 103 Å². The topological polar surface area (TPSA) is 170 Å². The van der Waals surface area contributed by atoms with Gasteiger partial charge in [-0.1, -0.05) is 60.7 Å². The molecule has 48 heavy (non-hydrogen) atoms. The van der Waals surface area contributed by atoms with E-state index in [0.29, 0.717) is 42.6 Å². The lowest BCUT2D eigenvalue weighted by atomic mass is 9.91. The third kappa shape index (κ3) is 5.55. The van der Waals surface area contributed by atoms with Crippen molar-refractivity contribution in [2.75, 3.05) is 29.9 Å². The van der Waals surface area contributed by atoms with Gasteiger partial charge in [-0.25, -0.2) is 9.97 Å². The van der Waals surface area contributed by atoms with Crippen molar-refractivity contribution in [2.24, 2.45) is 0 Å². The summed E-state index contributed by atoms with van der Waals surface area (Å²) >= 11 is 0. The lowest BCUT2D eigenvalue weighted by Gasteiger charge is -2.22. The minimum atomic E-state index is -1.30. The van der Waals surface area contributed by atoms with E-state index in [9.17, 15) is 10.2 Å². The smallest absolute Gasteiger partial charge is 0.229 e. The number of aliphatic hydroxyl groups is 2. The average molecular weight is 649 g/mol. The maximum atomic E-state index is 11.2. The summed E-state index contributed by atoms with van der Waals surface area (Å²) in [5, 5.41) is 38.2. The van der Waals surface area contributed by atoms with Crippen LogP contribution in [0.5, 0.6) is 0 Å². The highest BCUT2D eigenvalue weighted by Gasteiger charge is 2.47. The first-order chi connectivity index (χ1) is 23.6. The second kappa shape index (κ2) is 12.7. The van der Waals surface area contributed by atoms with E-state index in [2.05, 4.69) is 59.4 Å². The van der Waals surface area contributed by atoms with Gasteiger partial charge in [0, 0.05) is 37.9 Å². The van der Waals surface area contributed by atoms with Crippen LogP contribution in [0.1, 0.15) is 54.6 Å². The molecule has 8 rings (SSSR count). The zero-order chi connectivity index (χ0) is 32.6. The fourth-order valence-corrected chi connectivity index (χ4v) is 6.61. The van der Waals surface area contributed by atoms with E-state index in [1.54, 1.807) is 17.1 Å². The molecule has 2 fully saturated rings. The fraction of sp³-hybridized carbons (Fsp3) is 0.364. The third-order valence-electron chi connectivity index (χ3n) is 9.20. The van der Waals surface area contributed by atoms with Gasteiger partial charge in [0.2, 0.25) is 11.8 Å². The summed E-state index contributed by atoms with van der Waals surface area (Å²) in [4.78, 5) is 22.5. The molecule has 2 aliphatic rings. The molecule has 246 valence electrons. The number of aryl methyl sites for hydroxylation is 1. The van der Waals surface area contributed by atoms with Crippen LogP contribution in [0.15, 0.2) is 85.7 Å². The molecule has 5 atom stereocenters. The molecule has 0 bridgehead atoms. The minimum absolute atomic E-state index is 0.0419. The molecule has 0 spiro atoms. The number of tetrazole rings is 1. The molecular weight excluding hydrogens is 612 g/mol. The van der Waals surface area contributed by atoms with E-state index in [1.807, 2.05) is 55.8 Å². The number of anilines is 2. The molecule has 0 radical (unpaired) electrons. The Bertz CT molecular complexity index is 1930. The summed E-state index contributed by atoms with van der Waals surface area (Å²) < 4.78 is 9.97. The number of ether oxygens (including phenoxy) is 1. The Hall–Kier alpha value is -5.25. The molecule has 0 aliphatic carbocycles. The van der Waals surface area contributed by atoms with Crippen LogP contribution in [0.4, 0.5) is 11.8 Å². The van der Waals surface area contributed by atoms with E-state index in [0.717, 1.165) is 13.0 Å². The van der Waals surface area contributed by atoms with Crippen molar-refractivity contribution < 1.29 is 14.9 Å². The standard InChI is InChI=1S/C33H36N12O3/c1-2-45-40-30(39-41-45)28-26(46)27(47)32(48-28)44-20-36-25-29(35-17-24(21-9-5-3-6-10-21)22-11-7-4-8-12-22)37-33(38-31(25)44)42-15-13-23(18-42)43-16-14-34-19-43/h3-12,14,16,19-20,23-24,26-28,32,46-47H,2,13,15,17-18H2,1H3,(H,35,37,38)/t23-,26+,27-,28+,32-/m1/s1. The Labute approximate surface area is 275 Å². The van der Waals surface area contributed by atoms with E-state index in [4.69, 9.17) is 19.7 Å². The highest BCUT2D eigenvalue weighted by Crippen LogP contribution is 2.39. The Morgan fingerprint density at radius 3 is 2.44 bits per heavy atom. The van der Waals surface area contributed by atoms with E-state index < -0.39 is 24.5 Å². The van der Waals surface area contributed by atoms with Gasteiger partial charge in [-0.15, -0.1) is 10.2 Å². The largest absolute Gasteiger partial charge is 0.387 e. The maximum Gasteiger partial charge on any atom is 0.229 e. The minimum Gasteiger partial charge on any atom is -0.387 e. The molecule has 2 aliphatic heterocycles. The van der Waals surface area contributed by atoms with Gasteiger partial charge in [-0.3, -0.25) is 4.57 Å². The number of nitrogens with one attached hydrogen (secondary N) is 1. The Balaban J connectivity index is 1.16. The molecule has 15 nitrogen and oxygen atoms in total. The lowest BCUT2D eigenvalue weighted by molar-refractivity contribution is -0.0384. The number of hydrogen-bond donors (Lipinski definition) is 3. The highest BCUT2D eigenvalue weighted by molar-refractivity contribution is 5.84. The number of hydrogen-bond acceptors (Lipinski definition) is 12. The predicted molar refractivity (Wildman–Crippen MR) is 175 cm³/mol. The number of fused-ring (bicyclic) bond motifs is 1. The molecule has 3 N–H and O–H groups in total. The van der Waals surface area contributed by atoms with Gasteiger partial charge in [-0.05, 0) is 29.7 Å². The number of benzene rings is 2. The van der Waals surface area contributed by atoms with Gasteiger partial charge in [0.25, 0.3) is 0 Å². The number of aromatic nitrogens is 10. The Morgan fingerprint density at radius 2 is 1.75 bits per heavy atom. The van der Waals surface area contributed by atoms with Gasteiger partial charge in [0.05, 0.1) is 25.2 Å². The zero-order valence-corrected chi connectivity index (χ0v) is 26.3. The van der Waals surface area contributed by atoms with Crippen molar-refractivity contribution >= 4 is 22.9 Å². The Morgan fingerprint density at radius 1 is 0.979 bits per heavy atom. The quantitative estimate of drug-likeness (QED) is 0.199. The number of nitrogens with zero attached hydrogens (tertiary/aromatic N) is 11. The van der Waals surface area contributed by atoms with Crippen molar-refractivity contribution in [3.63, 3.8) is 0 Å². The maximum absolute atomic E-state index is 11.2. The molecule has 6 aromatic rings. The number of aliphatic hydroxyl groups excluding tert-OH is 2. The zero-order valence-electron chi connectivity index (χ0n) is 26.3. The van der Waals surface area contributed by atoms with Gasteiger partial charge in [-0.2, -0.15) is 14.8 Å². The van der Waals surface area contributed by atoms with Gasteiger partial charge in [0.15, 0.2) is 29.3 Å². The number of imidazole rings is 2. The molecule has 0 unspecified atom stereocenters. The molecular formula is C33H36N12O3. The monoisotopic (exact) mass is 648 g/mol. The van der Waals surface area contributed by atoms with E-state index >= 15 is 0 Å². The normalized spacial score (nSPS) is 22.7. The van der Waals surface area contributed by atoms with Crippen LogP contribution in [0.25, 0.3) is 11.2 Å². The van der Waals surface area contributed by atoms with Crippen LogP contribution < -0.4 is 10.2 Å². The Kier molecular flexibility index (Phi) is 7.99. The van der Waals surface area contributed by atoms with E-state index in [-0.39, 0.29) is 17.8 Å². The van der Waals surface area contributed by atoms with Gasteiger partial charge in [0.1, 0.15) is 12.2 Å². The SMILES string of the molecule is CCn1nnc([C@H]2O[C@@H](n3cnc4c(NCC(c5ccccc5)c5ccccc5)nc(N5CC[C@@H](n6ccnc6)C5)nc43)[C@H](O)[C@@H]2O)n1. The molecule has 0 amide bonds. The molecule has 2 aromatic carbocycles. The summed E-state index contributed by atoms with van der Waals surface area (Å²) in [5.74, 6) is 1.33. The van der Waals surface area contributed by atoms with Crippen molar-refractivity contribution in [3.8, 4) is 0 Å². The van der Waals surface area contributed by atoms with Crippen LogP contribution in [-0.2, 0) is 11.3 Å². The van der Waals surface area contributed by atoms with Crippen LogP contribution in [-0.4, -0.2) is 91.3 Å².